The van der Waals surface area contributed by atoms with Crippen LogP contribution in [0.2, 0.25) is 0 Å². The van der Waals surface area contributed by atoms with E-state index >= 15 is 0 Å². The van der Waals surface area contributed by atoms with Crippen molar-refractivity contribution in [2.45, 2.75) is 19.6 Å². The SMILES string of the molecule is CC(Nc1cccc(OC(F)F)c1)c1ccco1. The zero-order valence-corrected chi connectivity index (χ0v) is 9.77. The van der Waals surface area contributed by atoms with Gasteiger partial charge in [0.15, 0.2) is 0 Å². The highest BCUT2D eigenvalue weighted by atomic mass is 19.3. The molecule has 0 saturated carbocycles. The number of hydrogen-bond acceptors (Lipinski definition) is 3. The molecule has 0 aliphatic carbocycles. The van der Waals surface area contributed by atoms with Crippen LogP contribution >= 0.6 is 0 Å². The van der Waals surface area contributed by atoms with Gasteiger partial charge in [0.05, 0.1) is 12.3 Å². The lowest BCUT2D eigenvalue weighted by Crippen LogP contribution is -2.06. The molecule has 0 aliphatic heterocycles. The van der Waals surface area contributed by atoms with Gasteiger partial charge in [-0.2, -0.15) is 8.78 Å². The first-order valence-corrected chi connectivity index (χ1v) is 5.50. The summed E-state index contributed by atoms with van der Waals surface area (Å²) in [5.74, 6) is 0.900. The number of anilines is 1. The predicted molar refractivity (Wildman–Crippen MR) is 63.8 cm³/mol. The smallest absolute Gasteiger partial charge is 0.387 e. The molecule has 0 saturated heterocycles. The Labute approximate surface area is 103 Å². The van der Waals surface area contributed by atoms with E-state index in [1.807, 2.05) is 13.0 Å². The number of benzene rings is 1. The first-order valence-electron chi connectivity index (χ1n) is 5.50. The van der Waals surface area contributed by atoms with Gasteiger partial charge in [0.1, 0.15) is 11.5 Å². The lowest BCUT2D eigenvalue weighted by Gasteiger charge is -2.13. The number of nitrogens with one attached hydrogen (secondary N) is 1. The zero-order chi connectivity index (χ0) is 13.0. The van der Waals surface area contributed by atoms with Crippen LogP contribution in [-0.4, -0.2) is 6.61 Å². The largest absolute Gasteiger partial charge is 0.467 e. The standard InChI is InChI=1S/C13H13F2NO2/c1-9(12-6-3-7-17-12)16-10-4-2-5-11(8-10)18-13(14)15/h2-9,13,16H,1H3. The summed E-state index contributed by atoms with van der Waals surface area (Å²) in [6, 6.07) is 10.0. The first kappa shape index (κ1) is 12.4. The highest BCUT2D eigenvalue weighted by Crippen LogP contribution is 2.23. The third kappa shape index (κ3) is 3.23. The van der Waals surface area contributed by atoms with Crippen LogP contribution in [0.4, 0.5) is 14.5 Å². The highest BCUT2D eigenvalue weighted by Gasteiger charge is 2.09. The van der Waals surface area contributed by atoms with Gasteiger partial charge in [-0.1, -0.05) is 6.07 Å². The fourth-order valence-electron chi connectivity index (χ4n) is 1.62. The van der Waals surface area contributed by atoms with Crippen LogP contribution in [-0.2, 0) is 0 Å². The molecule has 1 atom stereocenters. The van der Waals surface area contributed by atoms with Crippen molar-refractivity contribution in [2.75, 3.05) is 5.32 Å². The van der Waals surface area contributed by atoms with Crippen molar-refractivity contribution in [1.82, 2.24) is 0 Å². The third-order valence-electron chi connectivity index (χ3n) is 2.41. The van der Waals surface area contributed by atoms with E-state index in [0.717, 1.165) is 5.76 Å². The summed E-state index contributed by atoms with van der Waals surface area (Å²) in [5, 5.41) is 3.14. The summed E-state index contributed by atoms with van der Waals surface area (Å²) in [5.41, 5.74) is 0.692. The molecule has 0 bridgehead atoms. The molecular formula is C13H13F2NO2. The summed E-state index contributed by atoms with van der Waals surface area (Å²) in [7, 11) is 0. The topological polar surface area (TPSA) is 34.4 Å². The minimum Gasteiger partial charge on any atom is -0.467 e. The van der Waals surface area contributed by atoms with Crippen LogP contribution in [0.15, 0.2) is 47.1 Å². The van der Waals surface area contributed by atoms with E-state index in [1.165, 1.54) is 12.1 Å². The van der Waals surface area contributed by atoms with Gasteiger partial charge in [-0.25, -0.2) is 0 Å². The second kappa shape index (κ2) is 5.53. The number of rotatable bonds is 5. The fraction of sp³-hybridized carbons (Fsp3) is 0.231. The summed E-state index contributed by atoms with van der Waals surface area (Å²) in [6.07, 6.45) is 1.59. The quantitative estimate of drug-likeness (QED) is 0.872. The molecule has 2 aromatic rings. The molecule has 1 aromatic carbocycles. The molecule has 1 N–H and O–H groups in total. The van der Waals surface area contributed by atoms with Crippen LogP contribution in [0, 0.1) is 0 Å². The summed E-state index contributed by atoms with van der Waals surface area (Å²) < 4.78 is 33.7. The summed E-state index contributed by atoms with van der Waals surface area (Å²) in [6.45, 7) is -0.901. The van der Waals surface area contributed by atoms with Crippen molar-refractivity contribution < 1.29 is 17.9 Å². The number of hydrogen-bond donors (Lipinski definition) is 1. The molecule has 0 aliphatic rings. The summed E-state index contributed by atoms with van der Waals surface area (Å²) in [4.78, 5) is 0. The molecule has 96 valence electrons. The normalized spacial score (nSPS) is 12.4. The molecule has 0 radical (unpaired) electrons. The van der Waals surface area contributed by atoms with Gasteiger partial charge in [0.2, 0.25) is 0 Å². The number of ether oxygens (including phenoxy) is 1. The van der Waals surface area contributed by atoms with Gasteiger partial charge >= 0.3 is 6.61 Å². The first-order chi connectivity index (χ1) is 8.65. The summed E-state index contributed by atoms with van der Waals surface area (Å²) >= 11 is 0. The van der Waals surface area contributed by atoms with Crippen LogP contribution in [0.5, 0.6) is 5.75 Å². The minimum atomic E-state index is -2.82. The molecule has 1 heterocycles. The Morgan fingerprint density at radius 2 is 2.06 bits per heavy atom. The van der Waals surface area contributed by atoms with Crippen molar-refractivity contribution >= 4 is 5.69 Å². The van der Waals surface area contributed by atoms with Gasteiger partial charge in [0, 0.05) is 11.8 Å². The van der Waals surface area contributed by atoms with E-state index in [2.05, 4.69) is 10.1 Å². The van der Waals surface area contributed by atoms with E-state index in [-0.39, 0.29) is 11.8 Å². The highest BCUT2D eigenvalue weighted by molar-refractivity contribution is 5.49. The average Bonchev–Trinajstić information content (AvgIpc) is 2.81. The van der Waals surface area contributed by atoms with E-state index < -0.39 is 6.61 Å². The van der Waals surface area contributed by atoms with Crippen molar-refractivity contribution in [3.05, 3.63) is 48.4 Å². The molecule has 0 amide bonds. The molecule has 2 rings (SSSR count). The lowest BCUT2D eigenvalue weighted by molar-refractivity contribution is -0.0498. The Morgan fingerprint density at radius 3 is 2.72 bits per heavy atom. The van der Waals surface area contributed by atoms with Gasteiger partial charge < -0.3 is 14.5 Å². The van der Waals surface area contributed by atoms with Crippen LogP contribution < -0.4 is 10.1 Å². The number of halogens is 2. The molecule has 18 heavy (non-hydrogen) atoms. The molecule has 1 aromatic heterocycles. The van der Waals surface area contributed by atoms with Gasteiger partial charge in [-0.3, -0.25) is 0 Å². The molecule has 0 spiro atoms. The van der Waals surface area contributed by atoms with Gasteiger partial charge in [-0.05, 0) is 31.2 Å². The predicted octanol–water partition coefficient (Wildman–Crippen LogP) is 4.05. The molecule has 5 heteroatoms. The Bertz CT molecular complexity index is 485. The Kier molecular flexibility index (Phi) is 3.82. The second-order valence-corrected chi connectivity index (χ2v) is 3.79. The number of alkyl halides is 2. The Morgan fingerprint density at radius 1 is 1.22 bits per heavy atom. The average molecular weight is 253 g/mol. The minimum absolute atomic E-state index is 0.0539. The van der Waals surface area contributed by atoms with E-state index in [1.54, 1.807) is 24.5 Å². The van der Waals surface area contributed by atoms with E-state index in [4.69, 9.17) is 4.42 Å². The van der Waals surface area contributed by atoms with Crippen molar-refractivity contribution in [3.63, 3.8) is 0 Å². The Hall–Kier alpha value is -2.04. The van der Waals surface area contributed by atoms with Crippen molar-refractivity contribution in [2.24, 2.45) is 0 Å². The Balaban J connectivity index is 2.05. The number of furan rings is 1. The van der Waals surface area contributed by atoms with Crippen LogP contribution in [0.1, 0.15) is 18.7 Å². The van der Waals surface area contributed by atoms with Gasteiger partial charge in [0.25, 0.3) is 0 Å². The molecule has 3 nitrogen and oxygen atoms in total. The molecule has 1 unspecified atom stereocenters. The third-order valence-corrected chi connectivity index (χ3v) is 2.41. The maximum absolute atomic E-state index is 12.1. The maximum Gasteiger partial charge on any atom is 0.387 e. The van der Waals surface area contributed by atoms with Crippen molar-refractivity contribution in [1.29, 1.82) is 0 Å². The van der Waals surface area contributed by atoms with Gasteiger partial charge in [-0.15, -0.1) is 0 Å². The lowest BCUT2D eigenvalue weighted by atomic mass is 10.2. The van der Waals surface area contributed by atoms with Crippen molar-refractivity contribution in [3.8, 4) is 5.75 Å². The fourth-order valence-corrected chi connectivity index (χ4v) is 1.62. The molecule has 0 fully saturated rings. The maximum atomic E-state index is 12.1. The monoisotopic (exact) mass is 253 g/mol. The van der Waals surface area contributed by atoms with Crippen LogP contribution in [0.25, 0.3) is 0 Å². The molecular weight excluding hydrogens is 240 g/mol. The van der Waals surface area contributed by atoms with Crippen LogP contribution in [0.3, 0.4) is 0 Å². The zero-order valence-electron chi connectivity index (χ0n) is 9.77. The van der Waals surface area contributed by atoms with E-state index in [0.29, 0.717) is 5.69 Å². The van der Waals surface area contributed by atoms with E-state index in [9.17, 15) is 8.78 Å². The second-order valence-electron chi connectivity index (χ2n) is 3.79.